The highest BCUT2D eigenvalue weighted by Gasteiger charge is 2.16. The average molecular weight is 395 g/mol. The minimum Gasteiger partial charge on any atom is -0.391 e. The summed E-state index contributed by atoms with van der Waals surface area (Å²) in [6.45, 7) is 6.67. The maximum atomic E-state index is 5.67. The first-order chi connectivity index (χ1) is 14.6. The van der Waals surface area contributed by atoms with Crippen molar-refractivity contribution in [3.05, 3.63) is 113 Å². The lowest BCUT2D eigenvalue weighted by Gasteiger charge is -2.12. The van der Waals surface area contributed by atoms with Gasteiger partial charge in [-0.2, -0.15) is 0 Å². The van der Waals surface area contributed by atoms with Crippen LogP contribution in [0.3, 0.4) is 0 Å². The fourth-order valence-corrected chi connectivity index (χ4v) is 3.64. The van der Waals surface area contributed by atoms with Crippen LogP contribution >= 0.6 is 0 Å². The molecule has 0 saturated carbocycles. The predicted molar refractivity (Wildman–Crippen MR) is 124 cm³/mol. The summed E-state index contributed by atoms with van der Waals surface area (Å²) in [5.74, 6) is 0. The number of aryl methyl sites for hydroxylation is 1. The van der Waals surface area contributed by atoms with Gasteiger partial charge in [-0.15, -0.1) is 0 Å². The lowest BCUT2D eigenvalue weighted by Crippen LogP contribution is -2.02. The number of hydrogen-bond acceptors (Lipinski definition) is 2. The van der Waals surface area contributed by atoms with E-state index in [1.54, 1.807) is 0 Å². The Labute approximate surface area is 178 Å². The summed E-state index contributed by atoms with van der Waals surface area (Å²) in [6.07, 6.45) is 0. The van der Waals surface area contributed by atoms with Crippen LogP contribution in [0.4, 0.5) is 0 Å². The first kappa shape index (κ1) is 19.7. The Morgan fingerprint density at radius 3 is 2.13 bits per heavy atom. The second kappa shape index (κ2) is 8.83. The lowest BCUT2D eigenvalue weighted by molar-refractivity contribution is 0.130. The quantitative estimate of drug-likeness (QED) is 0.264. The summed E-state index contributed by atoms with van der Waals surface area (Å²) in [7, 11) is 0. The Balaban J connectivity index is 1.68. The number of nitrogens with zero attached hydrogens (tertiary/aromatic N) is 2. The third-order valence-corrected chi connectivity index (χ3v) is 5.27. The van der Waals surface area contributed by atoms with E-state index in [1.165, 1.54) is 11.1 Å². The predicted octanol–water partition coefficient (Wildman–Crippen LogP) is 6.70. The van der Waals surface area contributed by atoms with Crippen molar-refractivity contribution < 1.29 is 4.84 Å². The number of oxime groups is 1. The Hall–Kier alpha value is -3.59. The maximum absolute atomic E-state index is 5.67. The van der Waals surface area contributed by atoms with E-state index in [2.05, 4.69) is 102 Å². The van der Waals surface area contributed by atoms with Gasteiger partial charge in [-0.1, -0.05) is 83.5 Å². The molecule has 0 spiro atoms. The number of hydrogen-bond donors (Lipinski definition) is 0. The molecule has 0 radical (unpaired) electrons. The van der Waals surface area contributed by atoms with Crippen molar-refractivity contribution in [3.8, 4) is 16.9 Å². The number of para-hydroxylation sites is 1. The van der Waals surface area contributed by atoms with Crippen LogP contribution in [0.15, 0.2) is 96.2 Å². The molecule has 150 valence electrons. The molecule has 0 amide bonds. The summed E-state index contributed by atoms with van der Waals surface area (Å²) in [6, 6.07) is 31.4. The van der Waals surface area contributed by atoms with Gasteiger partial charge in [0, 0.05) is 16.9 Å². The lowest BCUT2D eigenvalue weighted by atomic mass is 10.1. The molecule has 4 rings (SSSR count). The molecule has 1 aromatic heterocycles. The Bertz CT molecular complexity index is 1140. The molecular weight excluding hydrogens is 368 g/mol. The Morgan fingerprint density at radius 2 is 1.47 bits per heavy atom. The summed E-state index contributed by atoms with van der Waals surface area (Å²) in [5, 5.41) is 4.42. The Morgan fingerprint density at radius 1 is 0.833 bits per heavy atom. The van der Waals surface area contributed by atoms with Gasteiger partial charge in [-0.05, 0) is 50.1 Å². The molecule has 0 saturated heterocycles. The van der Waals surface area contributed by atoms with E-state index in [9.17, 15) is 0 Å². The number of aromatic nitrogens is 1. The van der Waals surface area contributed by atoms with E-state index in [-0.39, 0.29) is 0 Å². The van der Waals surface area contributed by atoms with Crippen molar-refractivity contribution in [2.45, 2.75) is 27.4 Å². The van der Waals surface area contributed by atoms with Gasteiger partial charge in [-0.25, -0.2) is 0 Å². The molecule has 0 aliphatic rings. The summed E-state index contributed by atoms with van der Waals surface area (Å²) < 4.78 is 2.28. The highest BCUT2D eigenvalue weighted by molar-refractivity contribution is 6.01. The van der Waals surface area contributed by atoms with Gasteiger partial charge in [0.05, 0.1) is 11.4 Å². The third-order valence-electron chi connectivity index (χ3n) is 5.27. The first-order valence-electron chi connectivity index (χ1n) is 10.2. The molecule has 0 bridgehead atoms. The molecule has 0 N–H and O–H groups in total. The maximum Gasteiger partial charge on any atom is 0.142 e. The van der Waals surface area contributed by atoms with E-state index < -0.39 is 0 Å². The Kier molecular flexibility index (Phi) is 5.80. The fourth-order valence-electron chi connectivity index (χ4n) is 3.64. The van der Waals surface area contributed by atoms with Gasteiger partial charge in [0.25, 0.3) is 0 Å². The largest absolute Gasteiger partial charge is 0.391 e. The van der Waals surface area contributed by atoms with Crippen molar-refractivity contribution in [1.82, 2.24) is 4.57 Å². The van der Waals surface area contributed by atoms with Crippen LogP contribution in [0.2, 0.25) is 0 Å². The minimum absolute atomic E-state index is 0.460. The van der Waals surface area contributed by atoms with Gasteiger partial charge in [0.2, 0.25) is 0 Å². The van der Waals surface area contributed by atoms with Gasteiger partial charge in [0.1, 0.15) is 6.61 Å². The fraction of sp³-hybridized carbons (Fsp3) is 0.148. The molecule has 0 atom stereocenters. The van der Waals surface area contributed by atoms with Crippen molar-refractivity contribution in [2.75, 3.05) is 0 Å². The van der Waals surface area contributed by atoms with Crippen LogP contribution in [0.5, 0.6) is 0 Å². The van der Waals surface area contributed by atoms with E-state index in [0.717, 1.165) is 33.9 Å². The smallest absolute Gasteiger partial charge is 0.142 e. The molecule has 3 heteroatoms. The normalized spacial score (nSPS) is 11.5. The van der Waals surface area contributed by atoms with Crippen molar-refractivity contribution in [2.24, 2.45) is 5.16 Å². The summed E-state index contributed by atoms with van der Waals surface area (Å²) in [5.41, 5.74) is 8.89. The second-order valence-electron chi connectivity index (χ2n) is 7.50. The standard InChI is InChI=1S/C27H26N2O/c1-20-14-16-23(17-15-20)19-30-28-21(2)26-18-27(24-10-6-4-7-11-24)29(22(26)3)25-12-8-5-9-13-25/h4-18H,19H2,1-3H3/b28-21-. The zero-order valence-electron chi connectivity index (χ0n) is 17.7. The molecule has 0 unspecified atom stereocenters. The molecular formula is C27H26N2O. The molecule has 30 heavy (non-hydrogen) atoms. The van der Waals surface area contributed by atoms with E-state index in [1.807, 2.05) is 19.1 Å². The van der Waals surface area contributed by atoms with Crippen LogP contribution in [-0.4, -0.2) is 10.3 Å². The minimum atomic E-state index is 0.460. The van der Waals surface area contributed by atoms with E-state index in [4.69, 9.17) is 4.84 Å². The summed E-state index contributed by atoms with van der Waals surface area (Å²) >= 11 is 0. The van der Waals surface area contributed by atoms with Gasteiger partial charge in [-0.3, -0.25) is 0 Å². The molecule has 3 aromatic carbocycles. The van der Waals surface area contributed by atoms with E-state index >= 15 is 0 Å². The van der Waals surface area contributed by atoms with Crippen molar-refractivity contribution in [1.29, 1.82) is 0 Å². The highest BCUT2D eigenvalue weighted by Crippen LogP contribution is 2.30. The average Bonchev–Trinajstić information content (AvgIpc) is 3.13. The SMILES string of the molecule is C/C(=N/OCc1ccc(C)cc1)c1cc(-c2ccccc2)n(-c2ccccc2)c1C. The van der Waals surface area contributed by atoms with E-state index in [0.29, 0.717) is 6.61 Å². The highest BCUT2D eigenvalue weighted by atomic mass is 16.6. The first-order valence-corrected chi connectivity index (χ1v) is 10.2. The van der Waals surface area contributed by atoms with Crippen molar-refractivity contribution in [3.63, 3.8) is 0 Å². The molecule has 0 fully saturated rings. The third kappa shape index (κ3) is 4.20. The zero-order valence-corrected chi connectivity index (χ0v) is 17.7. The monoisotopic (exact) mass is 394 g/mol. The van der Waals surface area contributed by atoms with Gasteiger partial charge in [0.15, 0.2) is 0 Å². The molecule has 1 heterocycles. The van der Waals surface area contributed by atoms with Gasteiger partial charge >= 0.3 is 0 Å². The topological polar surface area (TPSA) is 26.5 Å². The van der Waals surface area contributed by atoms with Crippen LogP contribution in [0, 0.1) is 13.8 Å². The summed E-state index contributed by atoms with van der Waals surface area (Å²) in [4.78, 5) is 5.67. The molecule has 0 aliphatic carbocycles. The van der Waals surface area contributed by atoms with Crippen LogP contribution in [0.25, 0.3) is 16.9 Å². The van der Waals surface area contributed by atoms with Crippen LogP contribution < -0.4 is 0 Å². The van der Waals surface area contributed by atoms with Crippen LogP contribution in [0.1, 0.15) is 29.3 Å². The zero-order chi connectivity index (χ0) is 20.9. The molecule has 0 aliphatic heterocycles. The molecule has 3 nitrogen and oxygen atoms in total. The second-order valence-corrected chi connectivity index (χ2v) is 7.50. The van der Waals surface area contributed by atoms with Crippen LogP contribution in [-0.2, 0) is 11.4 Å². The number of rotatable bonds is 6. The van der Waals surface area contributed by atoms with Gasteiger partial charge < -0.3 is 9.40 Å². The molecule has 4 aromatic rings. The number of benzene rings is 3. The van der Waals surface area contributed by atoms with Crippen molar-refractivity contribution >= 4 is 5.71 Å².